The van der Waals surface area contributed by atoms with Gasteiger partial charge in [0.05, 0.1) is 12.6 Å². The van der Waals surface area contributed by atoms with Crippen molar-refractivity contribution in [2.45, 2.75) is 12.3 Å². The van der Waals surface area contributed by atoms with Crippen molar-refractivity contribution in [3.05, 3.63) is 85.7 Å². The Kier molecular flexibility index (Phi) is 6.82. The first-order valence-electron chi connectivity index (χ1n) is 10.9. The molecule has 2 heterocycles. The lowest BCUT2D eigenvalue weighted by molar-refractivity contribution is -0.125. The lowest BCUT2D eigenvalue weighted by Crippen LogP contribution is -2.26. The van der Waals surface area contributed by atoms with E-state index in [2.05, 4.69) is 47.0 Å². The second-order valence-corrected chi connectivity index (χ2v) is 7.87. The molecular weight excluding hydrogens is 428 g/mol. The molecule has 2 aromatic carbocycles. The highest BCUT2D eigenvalue weighted by molar-refractivity contribution is 5.89. The van der Waals surface area contributed by atoms with E-state index in [9.17, 15) is 4.79 Å². The maximum Gasteiger partial charge on any atom is 0.245 e. The van der Waals surface area contributed by atoms with Gasteiger partial charge >= 0.3 is 0 Å². The van der Waals surface area contributed by atoms with E-state index in [4.69, 9.17) is 9.47 Å². The molecule has 1 amide bonds. The molecule has 0 radical (unpaired) electrons. The van der Waals surface area contributed by atoms with Gasteiger partial charge in [0.25, 0.3) is 0 Å². The average Bonchev–Trinajstić information content (AvgIpc) is 3.37. The molecule has 1 aliphatic heterocycles. The average molecular weight is 455 g/mol. The Hall–Kier alpha value is -4.26. The van der Waals surface area contributed by atoms with E-state index < -0.39 is 0 Å². The smallest absolute Gasteiger partial charge is 0.245 e. The first-order chi connectivity index (χ1) is 16.6. The molecule has 0 saturated carbocycles. The normalized spacial score (nSPS) is 15.7. The van der Waals surface area contributed by atoms with Gasteiger partial charge in [-0.05, 0) is 60.2 Å². The van der Waals surface area contributed by atoms with Gasteiger partial charge in [-0.25, -0.2) is 15.0 Å². The van der Waals surface area contributed by atoms with Crippen LogP contribution in [0.1, 0.15) is 17.9 Å². The summed E-state index contributed by atoms with van der Waals surface area (Å²) in [6, 6.07) is 9.92. The molecule has 1 aliphatic rings. The van der Waals surface area contributed by atoms with Crippen LogP contribution in [0.2, 0.25) is 0 Å². The van der Waals surface area contributed by atoms with Gasteiger partial charge in [-0.1, -0.05) is 25.3 Å². The van der Waals surface area contributed by atoms with Crippen molar-refractivity contribution >= 4 is 23.5 Å². The summed E-state index contributed by atoms with van der Waals surface area (Å²) in [5.74, 6) is 1.54. The molecule has 1 atom stereocenters. The molecule has 1 saturated heterocycles. The van der Waals surface area contributed by atoms with Crippen LogP contribution < -0.4 is 9.47 Å². The Balaban J connectivity index is 1.74. The number of nitrogens with zero attached hydrogens (tertiary/aromatic N) is 4. The summed E-state index contributed by atoms with van der Waals surface area (Å²) < 4.78 is 11.4. The number of aliphatic imine (C=N–C) groups is 1. The summed E-state index contributed by atoms with van der Waals surface area (Å²) in [6.45, 7) is 12.1. The minimum atomic E-state index is -0.0446. The van der Waals surface area contributed by atoms with E-state index in [-0.39, 0.29) is 11.8 Å². The van der Waals surface area contributed by atoms with Crippen molar-refractivity contribution in [2.24, 2.45) is 4.99 Å². The second kappa shape index (κ2) is 10.1. The first kappa shape index (κ1) is 22.9. The number of hydrogen-bond donors (Lipinski definition) is 0. The molecular formula is C27H26N4O3. The third-order valence-corrected chi connectivity index (χ3v) is 5.88. The molecule has 34 heavy (non-hydrogen) atoms. The van der Waals surface area contributed by atoms with Crippen LogP contribution in [0, 0.1) is 0 Å². The zero-order valence-electron chi connectivity index (χ0n) is 19.1. The maximum absolute atomic E-state index is 12.1. The predicted molar refractivity (Wildman–Crippen MR) is 134 cm³/mol. The highest BCUT2D eigenvalue weighted by Crippen LogP contribution is 2.38. The molecule has 4 rings (SSSR count). The molecule has 0 spiro atoms. The number of rotatable bonds is 8. The minimum Gasteiger partial charge on any atom is -0.493 e. The van der Waals surface area contributed by atoms with Crippen LogP contribution in [-0.2, 0) is 4.79 Å². The van der Waals surface area contributed by atoms with Gasteiger partial charge < -0.3 is 14.4 Å². The number of likely N-dealkylation sites (tertiary alicyclic amines) is 1. The number of carbonyl (C=O) groups excluding carboxylic acids is 1. The van der Waals surface area contributed by atoms with Crippen LogP contribution in [0.15, 0.2) is 85.1 Å². The third kappa shape index (κ3) is 4.59. The molecule has 172 valence electrons. The molecule has 7 nitrogen and oxygen atoms in total. The quantitative estimate of drug-likeness (QED) is 0.209. The fourth-order valence-electron chi connectivity index (χ4n) is 4.22. The van der Waals surface area contributed by atoms with E-state index >= 15 is 0 Å². The first-order valence-corrected chi connectivity index (χ1v) is 10.9. The number of hydrogen-bond acceptors (Lipinski definition) is 6. The number of benzene rings is 2. The van der Waals surface area contributed by atoms with Crippen LogP contribution in [0.25, 0.3) is 22.0 Å². The summed E-state index contributed by atoms with van der Waals surface area (Å²) in [6.07, 6.45) is 8.81. The van der Waals surface area contributed by atoms with Crippen molar-refractivity contribution < 1.29 is 14.3 Å². The summed E-state index contributed by atoms with van der Waals surface area (Å²) in [7, 11) is 1.59. The van der Waals surface area contributed by atoms with Crippen LogP contribution in [0.3, 0.4) is 0 Å². The Morgan fingerprint density at radius 3 is 2.79 bits per heavy atom. The van der Waals surface area contributed by atoms with Crippen LogP contribution >= 0.6 is 0 Å². The Bertz CT molecular complexity index is 1300. The number of allylic oxidation sites excluding steroid dienone is 2. The molecule has 1 fully saturated rings. The lowest BCUT2D eigenvalue weighted by Gasteiger charge is -2.17. The van der Waals surface area contributed by atoms with E-state index in [1.54, 1.807) is 25.6 Å². The van der Waals surface area contributed by atoms with Gasteiger partial charge in [-0.2, -0.15) is 0 Å². The monoisotopic (exact) mass is 454 g/mol. The number of aromatic nitrogens is 2. The maximum atomic E-state index is 12.1. The minimum absolute atomic E-state index is 0.0446. The lowest BCUT2D eigenvalue weighted by atomic mass is 9.91. The molecule has 0 aliphatic carbocycles. The SMILES string of the molecule is C=C/C=C(\N=C)Oc1ccc(-c2cc(C3CCN(C(=O)C=C)C3)c3ncncc3c2)cc1OC. The van der Waals surface area contributed by atoms with Crippen molar-refractivity contribution in [1.29, 1.82) is 0 Å². The number of ether oxygens (including phenoxy) is 2. The van der Waals surface area contributed by atoms with Crippen molar-refractivity contribution in [2.75, 3.05) is 20.2 Å². The summed E-state index contributed by atoms with van der Waals surface area (Å²) in [5, 5.41) is 0.940. The number of methoxy groups -OCH3 is 1. The van der Waals surface area contributed by atoms with Crippen LogP contribution in [0.4, 0.5) is 0 Å². The largest absolute Gasteiger partial charge is 0.493 e. The van der Waals surface area contributed by atoms with Gasteiger partial charge in [0.1, 0.15) is 6.33 Å². The number of carbonyl (C=O) groups is 1. The van der Waals surface area contributed by atoms with Crippen LogP contribution in [-0.4, -0.2) is 47.7 Å². The molecule has 0 bridgehead atoms. The fraction of sp³-hybridized carbons (Fsp3) is 0.185. The molecule has 1 unspecified atom stereocenters. The standard InChI is InChI=1S/C27H26N4O3/c1-5-7-25(28-3)34-23-9-8-18(14-24(23)33-4)20-12-21-15-29-17-30-27(21)22(13-20)19-10-11-31(16-19)26(32)6-2/h5-9,12-15,17,19H,1-3,10-11,16H2,4H3/b25-7+. The summed E-state index contributed by atoms with van der Waals surface area (Å²) in [5.41, 5.74) is 3.95. The third-order valence-electron chi connectivity index (χ3n) is 5.88. The highest BCUT2D eigenvalue weighted by Gasteiger charge is 2.28. The van der Waals surface area contributed by atoms with E-state index in [0.717, 1.165) is 34.0 Å². The van der Waals surface area contributed by atoms with Crippen LogP contribution in [0.5, 0.6) is 11.5 Å². The van der Waals surface area contributed by atoms with Gasteiger partial charge in [0.15, 0.2) is 11.5 Å². The van der Waals surface area contributed by atoms with Gasteiger partial charge in [0, 0.05) is 36.7 Å². The highest BCUT2D eigenvalue weighted by atomic mass is 16.5. The molecule has 0 N–H and O–H groups in total. The molecule has 3 aromatic rings. The Morgan fingerprint density at radius 1 is 1.21 bits per heavy atom. The summed E-state index contributed by atoms with van der Waals surface area (Å²) >= 11 is 0. The topological polar surface area (TPSA) is 76.9 Å². The van der Waals surface area contributed by atoms with E-state index in [1.807, 2.05) is 29.3 Å². The predicted octanol–water partition coefficient (Wildman–Crippen LogP) is 4.91. The van der Waals surface area contributed by atoms with E-state index in [0.29, 0.717) is 30.5 Å². The Morgan fingerprint density at radius 2 is 2.06 bits per heavy atom. The van der Waals surface area contributed by atoms with Crippen molar-refractivity contribution in [1.82, 2.24) is 14.9 Å². The van der Waals surface area contributed by atoms with Gasteiger partial charge in [-0.3, -0.25) is 4.79 Å². The number of amides is 1. The van der Waals surface area contributed by atoms with Crippen molar-refractivity contribution in [3.63, 3.8) is 0 Å². The second-order valence-electron chi connectivity index (χ2n) is 7.87. The van der Waals surface area contributed by atoms with Gasteiger partial charge in [0.2, 0.25) is 11.8 Å². The molecule has 7 heteroatoms. The van der Waals surface area contributed by atoms with Gasteiger partial charge in [-0.15, -0.1) is 0 Å². The Labute approximate surface area is 198 Å². The number of fused-ring (bicyclic) bond motifs is 1. The van der Waals surface area contributed by atoms with Crippen molar-refractivity contribution in [3.8, 4) is 22.6 Å². The zero-order valence-corrected chi connectivity index (χ0v) is 19.1. The zero-order chi connectivity index (χ0) is 24.1. The van der Waals surface area contributed by atoms with E-state index in [1.165, 1.54) is 6.08 Å². The summed E-state index contributed by atoms with van der Waals surface area (Å²) in [4.78, 5) is 26.6. The fourth-order valence-corrected chi connectivity index (χ4v) is 4.22. The molecule has 1 aromatic heterocycles.